The molecule has 0 bridgehead atoms. The van der Waals surface area contributed by atoms with Crippen molar-refractivity contribution in [2.45, 2.75) is 13.8 Å². The Balaban J connectivity index is 1.77. The fourth-order valence-electron chi connectivity index (χ4n) is 2.38. The number of pyridine rings is 1. The molecule has 0 saturated heterocycles. The van der Waals surface area contributed by atoms with Gasteiger partial charge in [-0.1, -0.05) is 41.4 Å². The van der Waals surface area contributed by atoms with Gasteiger partial charge in [0, 0.05) is 22.5 Å². The van der Waals surface area contributed by atoms with Gasteiger partial charge in [-0.25, -0.2) is 0 Å². The number of aryl methyl sites for hydroxylation is 2. The molecule has 4 heteroatoms. The normalized spacial score (nSPS) is 10.5. The van der Waals surface area contributed by atoms with Crippen LogP contribution in [0.4, 0.5) is 5.69 Å². The van der Waals surface area contributed by atoms with Crippen LogP contribution in [0.15, 0.2) is 60.8 Å². The molecule has 0 saturated carbocycles. The molecule has 2 aromatic carbocycles. The van der Waals surface area contributed by atoms with E-state index in [1.165, 1.54) is 5.56 Å². The molecule has 0 unspecified atom stereocenters. The zero-order valence-electron chi connectivity index (χ0n) is 13.5. The highest BCUT2D eigenvalue weighted by atomic mass is 35.5. The van der Waals surface area contributed by atoms with Crippen molar-refractivity contribution in [1.82, 2.24) is 4.98 Å². The van der Waals surface area contributed by atoms with Crippen molar-refractivity contribution in [2.75, 3.05) is 5.32 Å². The molecule has 0 atom stereocenters. The van der Waals surface area contributed by atoms with E-state index in [0.29, 0.717) is 16.3 Å². The monoisotopic (exact) mass is 336 g/mol. The van der Waals surface area contributed by atoms with E-state index in [0.717, 1.165) is 16.8 Å². The van der Waals surface area contributed by atoms with Crippen LogP contribution < -0.4 is 5.32 Å². The second-order valence-corrected chi connectivity index (χ2v) is 6.13. The van der Waals surface area contributed by atoms with Gasteiger partial charge < -0.3 is 5.32 Å². The summed E-state index contributed by atoms with van der Waals surface area (Å²) in [6.45, 7) is 3.96. The second-order valence-electron chi connectivity index (χ2n) is 5.72. The van der Waals surface area contributed by atoms with E-state index in [-0.39, 0.29) is 5.91 Å². The quantitative estimate of drug-likeness (QED) is 0.707. The van der Waals surface area contributed by atoms with Crippen molar-refractivity contribution in [3.05, 3.63) is 82.5 Å². The number of anilines is 1. The number of benzene rings is 2. The topological polar surface area (TPSA) is 42.0 Å². The van der Waals surface area contributed by atoms with E-state index in [4.69, 9.17) is 11.6 Å². The van der Waals surface area contributed by atoms with Crippen molar-refractivity contribution < 1.29 is 4.79 Å². The SMILES string of the molecule is Cc1cccc(-c2ccc(C(=O)Nc3ccc(C)c(Cl)c3)cn2)c1. The van der Waals surface area contributed by atoms with Crippen LogP contribution in [-0.4, -0.2) is 10.9 Å². The maximum Gasteiger partial charge on any atom is 0.257 e. The van der Waals surface area contributed by atoms with Crippen LogP contribution in [0.25, 0.3) is 11.3 Å². The molecular formula is C20H17ClN2O. The zero-order valence-corrected chi connectivity index (χ0v) is 14.3. The molecule has 1 amide bonds. The number of aromatic nitrogens is 1. The minimum absolute atomic E-state index is 0.210. The lowest BCUT2D eigenvalue weighted by Gasteiger charge is -2.08. The summed E-state index contributed by atoms with van der Waals surface area (Å²) in [5.74, 6) is -0.210. The first kappa shape index (κ1) is 16.2. The van der Waals surface area contributed by atoms with E-state index in [1.807, 2.05) is 50.2 Å². The number of nitrogens with one attached hydrogen (secondary N) is 1. The Labute approximate surface area is 146 Å². The van der Waals surface area contributed by atoms with E-state index in [2.05, 4.69) is 16.4 Å². The van der Waals surface area contributed by atoms with Gasteiger partial charge in [-0.15, -0.1) is 0 Å². The van der Waals surface area contributed by atoms with E-state index >= 15 is 0 Å². The van der Waals surface area contributed by atoms with E-state index in [9.17, 15) is 4.79 Å². The van der Waals surface area contributed by atoms with Gasteiger partial charge in [-0.05, 0) is 49.7 Å². The standard InChI is InChI=1S/C20H17ClN2O/c1-13-4-3-5-15(10-13)19-9-7-16(12-22-19)20(24)23-17-8-6-14(2)18(21)11-17/h3-12H,1-2H3,(H,23,24). The molecule has 1 aromatic heterocycles. The molecule has 0 radical (unpaired) electrons. The minimum atomic E-state index is -0.210. The fourth-order valence-corrected chi connectivity index (χ4v) is 2.56. The maximum absolute atomic E-state index is 12.3. The molecule has 3 rings (SSSR count). The Morgan fingerprint density at radius 1 is 1.04 bits per heavy atom. The Bertz CT molecular complexity index is 888. The third-order valence-corrected chi connectivity index (χ3v) is 4.18. The Kier molecular flexibility index (Phi) is 4.63. The van der Waals surface area contributed by atoms with Gasteiger partial charge in [-0.2, -0.15) is 0 Å². The number of hydrogen-bond acceptors (Lipinski definition) is 2. The Morgan fingerprint density at radius 2 is 1.88 bits per heavy atom. The first-order valence-corrected chi connectivity index (χ1v) is 8.01. The molecule has 3 nitrogen and oxygen atoms in total. The number of nitrogens with zero attached hydrogens (tertiary/aromatic N) is 1. The van der Waals surface area contributed by atoms with Gasteiger partial charge in [0.05, 0.1) is 11.3 Å². The van der Waals surface area contributed by atoms with Crippen LogP contribution >= 0.6 is 11.6 Å². The zero-order chi connectivity index (χ0) is 17.1. The molecular weight excluding hydrogens is 320 g/mol. The van der Waals surface area contributed by atoms with Crippen molar-refractivity contribution in [1.29, 1.82) is 0 Å². The fraction of sp³-hybridized carbons (Fsp3) is 0.100. The highest BCUT2D eigenvalue weighted by molar-refractivity contribution is 6.31. The third-order valence-electron chi connectivity index (χ3n) is 3.77. The lowest BCUT2D eigenvalue weighted by atomic mass is 10.1. The lowest BCUT2D eigenvalue weighted by molar-refractivity contribution is 0.102. The summed E-state index contributed by atoms with van der Waals surface area (Å²) in [7, 11) is 0. The third kappa shape index (κ3) is 3.63. The van der Waals surface area contributed by atoms with Gasteiger partial charge in [0.25, 0.3) is 5.91 Å². The number of halogens is 1. The molecule has 0 aliphatic rings. The predicted molar refractivity (Wildman–Crippen MR) is 98.6 cm³/mol. The van der Waals surface area contributed by atoms with Crippen molar-refractivity contribution >= 4 is 23.2 Å². The number of rotatable bonds is 3. The van der Waals surface area contributed by atoms with Crippen LogP contribution in [0, 0.1) is 13.8 Å². The van der Waals surface area contributed by atoms with Crippen molar-refractivity contribution in [2.24, 2.45) is 0 Å². The summed E-state index contributed by atoms with van der Waals surface area (Å²) in [6.07, 6.45) is 1.59. The summed E-state index contributed by atoms with van der Waals surface area (Å²) in [5.41, 5.74) is 5.19. The molecule has 1 N–H and O–H groups in total. The van der Waals surface area contributed by atoms with Crippen molar-refractivity contribution in [3.63, 3.8) is 0 Å². The highest BCUT2D eigenvalue weighted by Crippen LogP contribution is 2.21. The Morgan fingerprint density at radius 3 is 2.54 bits per heavy atom. The van der Waals surface area contributed by atoms with Crippen LogP contribution in [-0.2, 0) is 0 Å². The molecule has 0 fully saturated rings. The van der Waals surface area contributed by atoms with Gasteiger partial charge in [0.1, 0.15) is 0 Å². The molecule has 1 heterocycles. The summed E-state index contributed by atoms with van der Waals surface area (Å²) in [5, 5.41) is 3.46. The molecule has 0 aliphatic heterocycles. The summed E-state index contributed by atoms with van der Waals surface area (Å²) < 4.78 is 0. The average molecular weight is 337 g/mol. The molecule has 3 aromatic rings. The number of carbonyl (C=O) groups excluding carboxylic acids is 1. The highest BCUT2D eigenvalue weighted by Gasteiger charge is 2.08. The van der Waals surface area contributed by atoms with Crippen LogP contribution in [0.2, 0.25) is 5.02 Å². The van der Waals surface area contributed by atoms with Crippen LogP contribution in [0.5, 0.6) is 0 Å². The van der Waals surface area contributed by atoms with Crippen LogP contribution in [0.3, 0.4) is 0 Å². The summed E-state index contributed by atoms with van der Waals surface area (Å²) >= 11 is 6.08. The first-order chi connectivity index (χ1) is 11.5. The average Bonchev–Trinajstić information content (AvgIpc) is 2.58. The first-order valence-electron chi connectivity index (χ1n) is 7.63. The number of amides is 1. The van der Waals surface area contributed by atoms with E-state index in [1.54, 1.807) is 18.3 Å². The van der Waals surface area contributed by atoms with Gasteiger partial charge >= 0.3 is 0 Å². The summed E-state index contributed by atoms with van der Waals surface area (Å²) in [4.78, 5) is 16.7. The Hall–Kier alpha value is -2.65. The van der Waals surface area contributed by atoms with Gasteiger partial charge in [0.15, 0.2) is 0 Å². The predicted octanol–water partition coefficient (Wildman–Crippen LogP) is 5.27. The van der Waals surface area contributed by atoms with E-state index < -0.39 is 0 Å². The molecule has 0 spiro atoms. The van der Waals surface area contributed by atoms with Crippen molar-refractivity contribution in [3.8, 4) is 11.3 Å². The number of carbonyl (C=O) groups is 1. The van der Waals surface area contributed by atoms with Gasteiger partial charge in [0.2, 0.25) is 0 Å². The smallest absolute Gasteiger partial charge is 0.257 e. The van der Waals surface area contributed by atoms with Gasteiger partial charge in [-0.3, -0.25) is 9.78 Å². The largest absolute Gasteiger partial charge is 0.322 e. The molecule has 0 aliphatic carbocycles. The minimum Gasteiger partial charge on any atom is -0.322 e. The lowest BCUT2D eigenvalue weighted by Crippen LogP contribution is -2.12. The molecule has 24 heavy (non-hydrogen) atoms. The maximum atomic E-state index is 12.3. The molecule has 120 valence electrons. The second kappa shape index (κ2) is 6.85. The summed E-state index contributed by atoms with van der Waals surface area (Å²) in [6, 6.07) is 17.2. The number of hydrogen-bond donors (Lipinski definition) is 1. The van der Waals surface area contributed by atoms with Crippen LogP contribution in [0.1, 0.15) is 21.5 Å².